The molecule has 1 fully saturated rings. The van der Waals surface area contributed by atoms with E-state index in [4.69, 9.17) is 25.2 Å². The molecule has 0 spiro atoms. The summed E-state index contributed by atoms with van der Waals surface area (Å²) in [6, 6.07) is 0. The number of nitrogens with zero attached hydrogens (tertiary/aromatic N) is 3. The molecule has 1 radical (unpaired) electrons. The Bertz CT molecular complexity index is 471. The van der Waals surface area contributed by atoms with Crippen LogP contribution in [0.25, 0.3) is 0 Å². The minimum absolute atomic E-state index is 0. The maximum Gasteiger partial charge on any atom is 1.00 e. The van der Waals surface area contributed by atoms with Gasteiger partial charge in [-0.2, -0.15) is 0 Å². The fraction of sp³-hybridized carbons (Fsp3) is 0.700. The van der Waals surface area contributed by atoms with Crippen molar-refractivity contribution in [3.8, 4) is 0 Å². The van der Waals surface area contributed by atoms with Gasteiger partial charge in [0.25, 0.3) is 5.09 Å². The summed E-state index contributed by atoms with van der Waals surface area (Å²) in [6.07, 6.45) is 0.371. The standard InChI is InChI=1S/C10H16N2O5.HNO3.3H2O.Ru/c1-11-2-3-12(5-11)10-9(16)8(15)7(14)6(4-13)17-10;2-1(3)4;;;;/h2-3,6-10,13-16H,4H2,1H3;(H,2,3,4);3*1H2;/q;;;;;+1/t6-,7+,8+,9-,10?;;;;;/m1...../s1. The van der Waals surface area contributed by atoms with Crippen LogP contribution in [-0.2, 0) is 31.3 Å². The van der Waals surface area contributed by atoms with E-state index in [-0.39, 0.29) is 35.9 Å². The van der Waals surface area contributed by atoms with Gasteiger partial charge in [0, 0.05) is 0 Å². The number of aromatic nitrogens is 2. The zero-order valence-electron chi connectivity index (χ0n) is 12.9. The van der Waals surface area contributed by atoms with Crippen molar-refractivity contribution in [1.29, 1.82) is 0 Å². The molecule has 1 saturated heterocycles. The molecule has 5 atom stereocenters. The van der Waals surface area contributed by atoms with Crippen molar-refractivity contribution < 1.29 is 75.9 Å². The Balaban J connectivity index is -0.000000251. The summed E-state index contributed by atoms with van der Waals surface area (Å²) >= 11 is 0. The first-order valence-corrected chi connectivity index (χ1v) is 5.87. The molecule has 0 aromatic carbocycles. The third-order valence-electron chi connectivity index (χ3n) is 2.87. The van der Waals surface area contributed by atoms with Gasteiger partial charge in [-0.15, -0.1) is 10.1 Å². The van der Waals surface area contributed by atoms with Gasteiger partial charge in [-0.05, 0) is 12.4 Å². The van der Waals surface area contributed by atoms with Gasteiger partial charge in [0.1, 0.15) is 24.4 Å². The predicted octanol–water partition coefficient (Wildman–Crippen LogP) is -5.74. The molecule has 2 heterocycles. The van der Waals surface area contributed by atoms with Crippen LogP contribution in [-0.4, -0.2) is 82.7 Å². The largest absolute Gasteiger partial charge is 1.00 e. The van der Waals surface area contributed by atoms with Crippen molar-refractivity contribution in [2.24, 2.45) is 7.05 Å². The number of hydrogen-bond acceptors (Lipinski definition) is 7. The summed E-state index contributed by atoms with van der Waals surface area (Å²) in [6.45, 7) is -0.436. The monoisotopic (exact) mass is 463 g/mol. The zero-order chi connectivity index (χ0) is 16.2. The van der Waals surface area contributed by atoms with Crippen molar-refractivity contribution in [2.45, 2.75) is 30.6 Å². The van der Waals surface area contributed by atoms with Crippen LogP contribution in [0.5, 0.6) is 0 Å². The molecule has 0 saturated carbocycles. The molecule has 14 nitrogen and oxygen atoms in total. The van der Waals surface area contributed by atoms with E-state index in [1.165, 1.54) is 4.57 Å². The Morgan fingerprint density at radius 1 is 1.24 bits per heavy atom. The van der Waals surface area contributed by atoms with Crippen LogP contribution in [0.2, 0.25) is 0 Å². The molecule has 1 aromatic heterocycles. The van der Waals surface area contributed by atoms with Gasteiger partial charge in [0.15, 0.2) is 0 Å². The number of ether oxygens (including phenoxy) is 1. The second-order valence-corrected chi connectivity index (χ2v) is 4.37. The summed E-state index contributed by atoms with van der Waals surface area (Å²) < 4.78 is 8.41. The molecule has 25 heavy (non-hydrogen) atoms. The zero-order valence-corrected chi connectivity index (χ0v) is 14.6. The topological polar surface area (TPSA) is 257 Å². The van der Waals surface area contributed by atoms with Crippen LogP contribution < -0.4 is 4.57 Å². The summed E-state index contributed by atoms with van der Waals surface area (Å²) in [5.74, 6) is 0. The van der Waals surface area contributed by atoms with Crippen LogP contribution in [0.3, 0.4) is 0 Å². The normalized spacial score (nSPS) is 27.0. The average Bonchev–Trinajstić information content (AvgIpc) is 2.82. The first kappa shape index (κ1) is 31.5. The maximum atomic E-state index is 9.82. The summed E-state index contributed by atoms with van der Waals surface area (Å²) in [5, 5.41) is 51.7. The Morgan fingerprint density at radius 2 is 1.72 bits per heavy atom. The molecule has 0 amide bonds. The second kappa shape index (κ2) is 13.9. The molecule has 15 heteroatoms. The Labute approximate surface area is 154 Å². The fourth-order valence-corrected chi connectivity index (χ4v) is 1.87. The number of aliphatic hydroxyl groups excluding tert-OH is 4. The second-order valence-electron chi connectivity index (χ2n) is 4.37. The van der Waals surface area contributed by atoms with Crippen LogP contribution in [0, 0.1) is 16.4 Å². The maximum absolute atomic E-state index is 9.82. The van der Waals surface area contributed by atoms with Gasteiger partial charge in [-0.1, -0.05) is 0 Å². The smallest absolute Gasteiger partial charge is 0.412 e. The number of aliphatic hydroxyl groups is 4. The van der Waals surface area contributed by atoms with E-state index < -0.39 is 42.3 Å². The van der Waals surface area contributed by atoms with E-state index in [0.717, 1.165) is 0 Å². The third-order valence-corrected chi connectivity index (χ3v) is 2.87. The van der Waals surface area contributed by atoms with E-state index in [0.29, 0.717) is 0 Å². The molecule has 151 valence electrons. The molecule has 1 aliphatic heterocycles. The van der Waals surface area contributed by atoms with Crippen LogP contribution in [0.1, 0.15) is 6.23 Å². The van der Waals surface area contributed by atoms with E-state index in [1.807, 2.05) is 0 Å². The molecule has 1 aromatic rings. The van der Waals surface area contributed by atoms with Gasteiger partial charge in [-0.3, -0.25) is 0 Å². The molecular formula is C10H23N3O11Ru+. The fourth-order valence-electron chi connectivity index (χ4n) is 1.87. The molecule has 0 aliphatic carbocycles. The number of hydrogen-bond donors (Lipinski definition) is 5. The number of aryl methyl sites for hydroxylation is 1. The van der Waals surface area contributed by atoms with Crippen LogP contribution >= 0.6 is 0 Å². The Kier molecular flexibility index (Phi) is 17.6. The SMILES string of the molecule is C[n+]1[c-]n(C2O[C@H](CO)[C@H](O)[C@H](O)[C@H]2O)cc1.O.O.O.O=[N+]([O-])O.[Ru+]. The van der Waals surface area contributed by atoms with E-state index in [2.05, 4.69) is 6.33 Å². The molecule has 11 N–H and O–H groups in total. The van der Waals surface area contributed by atoms with Gasteiger partial charge >= 0.3 is 19.5 Å². The van der Waals surface area contributed by atoms with Gasteiger partial charge in [0.05, 0.1) is 13.7 Å². The number of rotatable bonds is 2. The van der Waals surface area contributed by atoms with Crippen molar-refractivity contribution in [3.05, 3.63) is 28.8 Å². The van der Waals surface area contributed by atoms with Crippen LogP contribution in [0.4, 0.5) is 0 Å². The molecule has 1 unspecified atom stereocenters. The summed E-state index contributed by atoms with van der Waals surface area (Å²) in [7, 11) is 1.75. The molecule has 1 aliphatic rings. The predicted molar refractivity (Wildman–Crippen MR) is 73.1 cm³/mol. The first-order chi connectivity index (χ1) is 9.77. The third kappa shape index (κ3) is 8.57. The first-order valence-electron chi connectivity index (χ1n) is 5.87. The minimum atomic E-state index is -1.50. The van der Waals surface area contributed by atoms with Crippen LogP contribution in [0.15, 0.2) is 12.4 Å². The van der Waals surface area contributed by atoms with E-state index in [9.17, 15) is 15.3 Å². The van der Waals surface area contributed by atoms with Crippen molar-refractivity contribution >= 4 is 0 Å². The van der Waals surface area contributed by atoms with E-state index >= 15 is 0 Å². The molecule has 2 rings (SSSR count). The number of imidazole rings is 1. The molecule has 0 bridgehead atoms. The van der Waals surface area contributed by atoms with Gasteiger partial charge in [0.2, 0.25) is 12.6 Å². The quantitative estimate of drug-likeness (QED) is 0.0927. The minimum Gasteiger partial charge on any atom is -0.412 e. The Morgan fingerprint density at radius 3 is 2.08 bits per heavy atom. The van der Waals surface area contributed by atoms with Gasteiger partial charge in [-0.25, -0.2) is 0 Å². The Hall–Kier alpha value is -1.29. The van der Waals surface area contributed by atoms with Gasteiger partial charge < -0.3 is 55.9 Å². The van der Waals surface area contributed by atoms with Crippen molar-refractivity contribution in [3.63, 3.8) is 0 Å². The average molecular weight is 462 g/mol. The molecular weight excluding hydrogens is 439 g/mol. The summed E-state index contributed by atoms with van der Waals surface area (Å²) in [4.78, 5) is 8.36. The van der Waals surface area contributed by atoms with E-state index in [1.54, 1.807) is 24.0 Å². The summed E-state index contributed by atoms with van der Waals surface area (Å²) in [5.41, 5.74) is 0. The van der Waals surface area contributed by atoms with Crippen molar-refractivity contribution in [1.82, 2.24) is 4.57 Å². The van der Waals surface area contributed by atoms with Crippen molar-refractivity contribution in [2.75, 3.05) is 6.61 Å².